The van der Waals surface area contributed by atoms with Crippen LogP contribution in [0.4, 0.5) is 5.69 Å². The number of amides is 1. The summed E-state index contributed by atoms with van der Waals surface area (Å²) in [5, 5.41) is 12.8. The molecule has 2 heterocycles. The molecule has 0 unspecified atom stereocenters. The normalized spacial score (nSPS) is 10.7. The van der Waals surface area contributed by atoms with Crippen LogP contribution in [0.25, 0.3) is 11.4 Å². The van der Waals surface area contributed by atoms with Crippen LogP contribution in [0.5, 0.6) is 0 Å². The minimum absolute atomic E-state index is 0.185. The van der Waals surface area contributed by atoms with Gasteiger partial charge in [-0.2, -0.15) is 0 Å². The summed E-state index contributed by atoms with van der Waals surface area (Å²) >= 11 is 13.2. The molecule has 0 atom stereocenters. The Labute approximate surface area is 164 Å². The lowest BCUT2D eigenvalue weighted by atomic mass is 10.2. The summed E-state index contributed by atoms with van der Waals surface area (Å²) in [5.41, 5.74) is 1.45. The molecule has 0 spiro atoms. The SMILES string of the molecule is CCn1c(SCC(=O)Nc2ccc(Cl)cc2Cl)nnc1-c1ccncc1. The molecule has 0 aliphatic heterocycles. The summed E-state index contributed by atoms with van der Waals surface area (Å²) in [6.45, 7) is 2.70. The molecule has 0 fully saturated rings. The fraction of sp³-hybridized carbons (Fsp3) is 0.176. The molecule has 1 N–H and O–H groups in total. The first kappa shape index (κ1) is 18.7. The van der Waals surface area contributed by atoms with Gasteiger partial charge in [0.2, 0.25) is 5.91 Å². The largest absolute Gasteiger partial charge is 0.324 e. The quantitative estimate of drug-likeness (QED) is 0.613. The van der Waals surface area contributed by atoms with Gasteiger partial charge in [-0.05, 0) is 37.3 Å². The number of halogens is 2. The maximum absolute atomic E-state index is 12.2. The van der Waals surface area contributed by atoms with Crippen LogP contribution in [0, 0.1) is 0 Å². The first-order valence-electron chi connectivity index (χ1n) is 7.79. The van der Waals surface area contributed by atoms with Crippen LogP contribution in [-0.2, 0) is 11.3 Å². The second-order valence-electron chi connectivity index (χ2n) is 5.25. The number of hydrogen-bond acceptors (Lipinski definition) is 5. The Morgan fingerprint density at radius 2 is 1.96 bits per heavy atom. The third-order valence-electron chi connectivity index (χ3n) is 3.51. The Balaban J connectivity index is 1.68. The number of pyridine rings is 1. The summed E-state index contributed by atoms with van der Waals surface area (Å²) in [4.78, 5) is 16.2. The van der Waals surface area contributed by atoms with Crippen LogP contribution >= 0.6 is 35.0 Å². The second-order valence-corrected chi connectivity index (χ2v) is 7.03. The van der Waals surface area contributed by atoms with E-state index in [4.69, 9.17) is 23.2 Å². The van der Waals surface area contributed by atoms with E-state index in [9.17, 15) is 4.79 Å². The van der Waals surface area contributed by atoms with E-state index in [1.54, 1.807) is 30.6 Å². The molecule has 0 saturated carbocycles. The predicted molar refractivity (Wildman–Crippen MR) is 105 cm³/mol. The summed E-state index contributed by atoms with van der Waals surface area (Å²) in [7, 11) is 0. The van der Waals surface area contributed by atoms with E-state index < -0.39 is 0 Å². The molecule has 3 rings (SSSR count). The van der Waals surface area contributed by atoms with Crippen LogP contribution < -0.4 is 5.32 Å². The highest BCUT2D eigenvalue weighted by Crippen LogP contribution is 2.27. The van der Waals surface area contributed by atoms with Crippen molar-refractivity contribution in [1.29, 1.82) is 0 Å². The summed E-state index contributed by atoms with van der Waals surface area (Å²) in [5.74, 6) is 0.752. The van der Waals surface area contributed by atoms with Gasteiger partial charge < -0.3 is 9.88 Å². The molecule has 0 aliphatic rings. The third-order valence-corrected chi connectivity index (χ3v) is 5.02. The number of nitrogens with one attached hydrogen (secondary N) is 1. The average molecular weight is 408 g/mol. The molecule has 1 amide bonds. The van der Waals surface area contributed by atoms with Crippen molar-refractivity contribution in [3.8, 4) is 11.4 Å². The van der Waals surface area contributed by atoms with Gasteiger partial charge in [0.15, 0.2) is 11.0 Å². The van der Waals surface area contributed by atoms with Gasteiger partial charge in [-0.15, -0.1) is 10.2 Å². The molecule has 0 bridgehead atoms. The van der Waals surface area contributed by atoms with Gasteiger partial charge in [-0.25, -0.2) is 0 Å². The highest BCUT2D eigenvalue weighted by atomic mass is 35.5. The van der Waals surface area contributed by atoms with E-state index in [1.165, 1.54) is 11.8 Å². The molecule has 134 valence electrons. The molecule has 0 aliphatic carbocycles. The van der Waals surface area contributed by atoms with E-state index in [0.29, 0.717) is 27.4 Å². The Bertz CT molecular complexity index is 917. The summed E-state index contributed by atoms with van der Waals surface area (Å²) < 4.78 is 1.96. The first-order chi connectivity index (χ1) is 12.6. The Hall–Kier alpha value is -2.09. The van der Waals surface area contributed by atoms with Crippen molar-refractivity contribution in [2.75, 3.05) is 11.1 Å². The van der Waals surface area contributed by atoms with E-state index >= 15 is 0 Å². The number of anilines is 1. The molecule has 2 aromatic heterocycles. The number of carbonyl (C=O) groups excluding carboxylic acids is 1. The van der Waals surface area contributed by atoms with Crippen molar-refractivity contribution >= 4 is 46.6 Å². The molecule has 26 heavy (non-hydrogen) atoms. The van der Waals surface area contributed by atoms with Crippen LogP contribution in [0.3, 0.4) is 0 Å². The minimum Gasteiger partial charge on any atom is -0.324 e. The van der Waals surface area contributed by atoms with Crippen LogP contribution in [0.1, 0.15) is 6.92 Å². The van der Waals surface area contributed by atoms with Gasteiger partial charge in [0.25, 0.3) is 0 Å². The molecule has 1 aromatic carbocycles. The number of benzene rings is 1. The second kappa shape index (κ2) is 8.53. The predicted octanol–water partition coefficient (Wildman–Crippen LogP) is 4.40. The van der Waals surface area contributed by atoms with E-state index in [0.717, 1.165) is 11.4 Å². The Morgan fingerprint density at radius 3 is 2.65 bits per heavy atom. The van der Waals surface area contributed by atoms with Gasteiger partial charge in [0.1, 0.15) is 0 Å². The lowest BCUT2D eigenvalue weighted by Gasteiger charge is -2.09. The minimum atomic E-state index is -0.185. The topological polar surface area (TPSA) is 72.7 Å². The monoisotopic (exact) mass is 407 g/mol. The standard InChI is InChI=1S/C17H15Cl2N5OS/c1-2-24-16(11-5-7-20-8-6-11)22-23-17(24)26-10-15(25)21-14-4-3-12(18)9-13(14)19/h3-9H,2,10H2,1H3,(H,21,25). The maximum atomic E-state index is 12.2. The Morgan fingerprint density at radius 1 is 1.19 bits per heavy atom. The van der Waals surface area contributed by atoms with Crippen molar-refractivity contribution in [3.63, 3.8) is 0 Å². The fourth-order valence-electron chi connectivity index (χ4n) is 2.30. The first-order valence-corrected chi connectivity index (χ1v) is 9.54. The highest BCUT2D eigenvalue weighted by molar-refractivity contribution is 7.99. The van der Waals surface area contributed by atoms with E-state index in [1.807, 2.05) is 23.6 Å². The van der Waals surface area contributed by atoms with Gasteiger partial charge in [0, 0.05) is 29.5 Å². The zero-order valence-corrected chi connectivity index (χ0v) is 16.1. The molecule has 6 nitrogen and oxygen atoms in total. The number of hydrogen-bond donors (Lipinski definition) is 1. The van der Waals surface area contributed by atoms with Crippen molar-refractivity contribution in [3.05, 3.63) is 52.8 Å². The number of rotatable bonds is 6. The van der Waals surface area contributed by atoms with E-state index in [2.05, 4.69) is 20.5 Å². The molecule has 3 aromatic rings. The van der Waals surface area contributed by atoms with Crippen molar-refractivity contribution in [1.82, 2.24) is 19.7 Å². The third kappa shape index (κ3) is 4.35. The number of aromatic nitrogens is 4. The lowest BCUT2D eigenvalue weighted by molar-refractivity contribution is -0.113. The van der Waals surface area contributed by atoms with Gasteiger partial charge in [-0.1, -0.05) is 35.0 Å². The highest BCUT2D eigenvalue weighted by Gasteiger charge is 2.15. The summed E-state index contributed by atoms with van der Waals surface area (Å²) in [6.07, 6.45) is 3.42. The molecule has 0 radical (unpaired) electrons. The van der Waals surface area contributed by atoms with Crippen molar-refractivity contribution in [2.45, 2.75) is 18.6 Å². The molecule has 9 heteroatoms. The number of nitrogens with zero attached hydrogens (tertiary/aromatic N) is 4. The van der Waals surface area contributed by atoms with Crippen LogP contribution in [0.15, 0.2) is 47.9 Å². The van der Waals surface area contributed by atoms with Crippen molar-refractivity contribution < 1.29 is 4.79 Å². The molecular weight excluding hydrogens is 393 g/mol. The average Bonchev–Trinajstić information content (AvgIpc) is 3.06. The van der Waals surface area contributed by atoms with Crippen LogP contribution in [-0.4, -0.2) is 31.4 Å². The maximum Gasteiger partial charge on any atom is 0.234 e. The fourth-order valence-corrected chi connectivity index (χ4v) is 3.56. The zero-order valence-electron chi connectivity index (χ0n) is 13.8. The smallest absolute Gasteiger partial charge is 0.234 e. The lowest BCUT2D eigenvalue weighted by Crippen LogP contribution is -2.15. The molecular formula is C17H15Cl2N5OS. The van der Waals surface area contributed by atoms with Gasteiger partial charge >= 0.3 is 0 Å². The van der Waals surface area contributed by atoms with Crippen molar-refractivity contribution in [2.24, 2.45) is 0 Å². The van der Waals surface area contributed by atoms with Crippen LogP contribution in [0.2, 0.25) is 10.0 Å². The Kier molecular flexibility index (Phi) is 6.13. The van der Waals surface area contributed by atoms with Gasteiger partial charge in [0.05, 0.1) is 16.5 Å². The number of thioether (sulfide) groups is 1. The zero-order chi connectivity index (χ0) is 18.5. The summed E-state index contributed by atoms with van der Waals surface area (Å²) in [6, 6.07) is 8.68. The number of carbonyl (C=O) groups is 1. The molecule has 0 saturated heterocycles. The van der Waals surface area contributed by atoms with Gasteiger partial charge in [-0.3, -0.25) is 9.78 Å². The van der Waals surface area contributed by atoms with E-state index in [-0.39, 0.29) is 11.7 Å².